The fourth-order valence-corrected chi connectivity index (χ4v) is 6.45. The van der Waals surface area contributed by atoms with Crippen molar-refractivity contribution >= 4 is 39.1 Å². The molecule has 39 heavy (non-hydrogen) atoms. The molecule has 7 nitrogen and oxygen atoms in total. The topological polar surface area (TPSA) is 86.8 Å². The second-order valence-electron chi connectivity index (χ2n) is 10.6. The molecule has 0 saturated heterocycles. The molecule has 0 radical (unpaired) electrons. The van der Waals surface area contributed by atoms with Crippen LogP contribution in [0, 0.1) is 13.8 Å². The van der Waals surface area contributed by atoms with E-state index in [0.29, 0.717) is 30.1 Å². The molecular formula is C30H42ClN3O4S. The van der Waals surface area contributed by atoms with E-state index < -0.39 is 16.1 Å². The molecule has 2 aromatic rings. The van der Waals surface area contributed by atoms with Crippen LogP contribution in [-0.4, -0.2) is 50.0 Å². The van der Waals surface area contributed by atoms with Gasteiger partial charge < -0.3 is 10.2 Å². The number of sulfonamides is 1. The number of benzene rings is 2. The molecule has 2 amide bonds. The number of carbonyl (C=O) groups excluding carboxylic acids is 2. The number of rotatable bonds is 12. The van der Waals surface area contributed by atoms with Crippen LogP contribution in [-0.2, 0) is 26.2 Å². The Balaban J connectivity index is 1.79. The first-order chi connectivity index (χ1) is 18.5. The predicted octanol–water partition coefficient (Wildman–Crippen LogP) is 5.76. The van der Waals surface area contributed by atoms with Crippen LogP contribution < -0.4 is 9.62 Å². The second-order valence-corrected chi connectivity index (χ2v) is 12.9. The van der Waals surface area contributed by atoms with Gasteiger partial charge in [0.2, 0.25) is 21.8 Å². The summed E-state index contributed by atoms with van der Waals surface area (Å²) in [6, 6.07) is 12.6. The van der Waals surface area contributed by atoms with Crippen LogP contribution >= 0.6 is 11.6 Å². The van der Waals surface area contributed by atoms with Gasteiger partial charge in [-0.05, 0) is 68.4 Å². The van der Waals surface area contributed by atoms with Crippen LogP contribution in [0.2, 0.25) is 5.02 Å². The van der Waals surface area contributed by atoms with Crippen LogP contribution in [0.3, 0.4) is 0 Å². The Morgan fingerprint density at radius 1 is 1.05 bits per heavy atom. The van der Waals surface area contributed by atoms with E-state index in [0.717, 1.165) is 48.6 Å². The summed E-state index contributed by atoms with van der Waals surface area (Å²) in [6.45, 7) is 6.21. The zero-order chi connectivity index (χ0) is 28.6. The number of amides is 2. The van der Waals surface area contributed by atoms with E-state index in [4.69, 9.17) is 11.6 Å². The summed E-state index contributed by atoms with van der Waals surface area (Å²) in [4.78, 5) is 28.8. The number of nitrogens with zero attached hydrogens (tertiary/aromatic N) is 2. The monoisotopic (exact) mass is 575 g/mol. The molecule has 9 heteroatoms. The smallest absolute Gasteiger partial charge is 0.243 e. The third-order valence-corrected chi connectivity index (χ3v) is 8.95. The maximum absolute atomic E-state index is 13.7. The van der Waals surface area contributed by atoms with Gasteiger partial charge in [-0.2, -0.15) is 0 Å². The minimum atomic E-state index is -3.59. The number of halogens is 1. The lowest BCUT2D eigenvalue weighted by Gasteiger charge is -2.33. The van der Waals surface area contributed by atoms with Gasteiger partial charge in [-0.15, -0.1) is 0 Å². The summed E-state index contributed by atoms with van der Waals surface area (Å²) in [5.41, 5.74) is 3.33. The fourth-order valence-electron chi connectivity index (χ4n) is 5.27. The molecule has 0 unspecified atom stereocenters. The number of carbonyl (C=O) groups is 2. The van der Waals surface area contributed by atoms with Gasteiger partial charge in [0.15, 0.2) is 0 Å². The van der Waals surface area contributed by atoms with Crippen molar-refractivity contribution in [2.45, 2.75) is 90.8 Å². The molecule has 0 spiro atoms. The zero-order valence-electron chi connectivity index (χ0n) is 23.6. The summed E-state index contributed by atoms with van der Waals surface area (Å²) in [7, 11) is -3.59. The highest BCUT2D eigenvalue weighted by Gasteiger charge is 2.31. The summed E-state index contributed by atoms with van der Waals surface area (Å²) >= 11 is 6.16. The highest BCUT2D eigenvalue weighted by atomic mass is 35.5. The average Bonchev–Trinajstić information content (AvgIpc) is 2.89. The number of aryl methyl sites for hydroxylation is 2. The molecule has 1 aliphatic rings. The number of hydrogen-bond donors (Lipinski definition) is 1. The molecule has 214 valence electrons. The minimum absolute atomic E-state index is 0.112. The Kier molecular flexibility index (Phi) is 11.2. The SMILES string of the molecule is CC[C@@H](C(=O)NC1CCCCC1)N(Cc1ccccc1C)C(=O)CCCN(c1cc(Cl)ccc1C)S(C)(=O)=O. The molecule has 3 rings (SSSR count). The lowest BCUT2D eigenvalue weighted by Crippen LogP contribution is -2.51. The molecule has 0 heterocycles. The first kappa shape index (κ1) is 31.0. The first-order valence-electron chi connectivity index (χ1n) is 13.9. The molecule has 0 bridgehead atoms. The van der Waals surface area contributed by atoms with Gasteiger partial charge in [0.25, 0.3) is 0 Å². The van der Waals surface area contributed by atoms with Crippen LogP contribution in [0.25, 0.3) is 0 Å². The first-order valence-corrected chi connectivity index (χ1v) is 16.1. The average molecular weight is 576 g/mol. The third-order valence-electron chi connectivity index (χ3n) is 7.53. The molecule has 1 fully saturated rings. The van der Waals surface area contributed by atoms with E-state index in [9.17, 15) is 18.0 Å². The van der Waals surface area contributed by atoms with Crippen molar-refractivity contribution in [2.24, 2.45) is 0 Å². The van der Waals surface area contributed by atoms with Crippen molar-refractivity contribution in [2.75, 3.05) is 17.1 Å². The molecule has 0 aliphatic heterocycles. The van der Waals surface area contributed by atoms with Crippen molar-refractivity contribution < 1.29 is 18.0 Å². The molecule has 1 aliphatic carbocycles. The zero-order valence-corrected chi connectivity index (χ0v) is 25.2. The van der Waals surface area contributed by atoms with E-state index in [1.165, 1.54) is 10.7 Å². The highest BCUT2D eigenvalue weighted by Crippen LogP contribution is 2.27. The molecule has 2 aromatic carbocycles. The molecule has 1 N–H and O–H groups in total. The quantitative estimate of drug-likeness (QED) is 0.349. The number of hydrogen-bond acceptors (Lipinski definition) is 4. The van der Waals surface area contributed by atoms with Gasteiger partial charge in [0.1, 0.15) is 6.04 Å². The Morgan fingerprint density at radius 3 is 2.38 bits per heavy atom. The van der Waals surface area contributed by atoms with Crippen molar-refractivity contribution in [3.05, 3.63) is 64.2 Å². The van der Waals surface area contributed by atoms with Crippen molar-refractivity contribution in [1.29, 1.82) is 0 Å². The Labute approximate surface area is 239 Å². The van der Waals surface area contributed by atoms with E-state index in [2.05, 4.69) is 5.32 Å². The lowest BCUT2D eigenvalue weighted by atomic mass is 9.95. The predicted molar refractivity (Wildman–Crippen MR) is 158 cm³/mol. The van der Waals surface area contributed by atoms with E-state index >= 15 is 0 Å². The van der Waals surface area contributed by atoms with Gasteiger partial charge in [-0.1, -0.05) is 68.1 Å². The standard InChI is InChI=1S/C30H42ClN3O4S/c1-5-27(30(36)32-26-14-7-6-8-15-26)33(21-24-13-10-9-12-22(24)2)29(35)16-11-19-34(39(4,37)38)28-20-25(31)18-17-23(28)3/h9-10,12-13,17-18,20,26-27H,5-8,11,14-16,19,21H2,1-4H3,(H,32,36)/t27-/m0/s1. The summed E-state index contributed by atoms with van der Waals surface area (Å²) in [6.07, 6.45) is 7.42. The van der Waals surface area contributed by atoms with Crippen molar-refractivity contribution in [3.63, 3.8) is 0 Å². The summed E-state index contributed by atoms with van der Waals surface area (Å²) < 4.78 is 26.6. The molecular weight excluding hydrogens is 534 g/mol. The second kappa shape index (κ2) is 14.2. The van der Waals surface area contributed by atoms with Gasteiger partial charge in [-0.3, -0.25) is 13.9 Å². The van der Waals surface area contributed by atoms with Crippen molar-refractivity contribution in [3.8, 4) is 0 Å². The summed E-state index contributed by atoms with van der Waals surface area (Å²) in [5.74, 6) is -0.279. The van der Waals surface area contributed by atoms with Gasteiger partial charge in [0, 0.05) is 30.6 Å². The normalized spacial score (nSPS) is 15.0. The number of nitrogens with one attached hydrogen (secondary N) is 1. The Hall–Kier alpha value is -2.58. The van der Waals surface area contributed by atoms with E-state index in [-0.39, 0.29) is 30.8 Å². The van der Waals surface area contributed by atoms with Crippen LogP contribution in [0.5, 0.6) is 0 Å². The largest absolute Gasteiger partial charge is 0.352 e. The molecule has 0 aromatic heterocycles. The van der Waals surface area contributed by atoms with Crippen LogP contribution in [0.4, 0.5) is 5.69 Å². The summed E-state index contributed by atoms with van der Waals surface area (Å²) in [5, 5.41) is 3.64. The van der Waals surface area contributed by atoms with Crippen LogP contribution in [0.15, 0.2) is 42.5 Å². The minimum Gasteiger partial charge on any atom is -0.352 e. The van der Waals surface area contributed by atoms with Gasteiger partial charge in [0.05, 0.1) is 11.9 Å². The maximum Gasteiger partial charge on any atom is 0.243 e. The van der Waals surface area contributed by atoms with Gasteiger partial charge >= 0.3 is 0 Å². The van der Waals surface area contributed by atoms with E-state index in [1.54, 1.807) is 23.1 Å². The van der Waals surface area contributed by atoms with E-state index in [1.807, 2.05) is 45.0 Å². The molecule has 1 atom stereocenters. The van der Waals surface area contributed by atoms with Gasteiger partial charge in [-0.25, -0.2) is 8.42 Å². The molecule has 1 saturated carbocycles. The number of anilines is 1. The maximum atomic E-state index is 13.7. The fraction of sp³-hybridized carbons (Fsp3) is 0.533. The van der Waals surface area contributed by atoms with Crippen LogP contribution in [0.1, 0.15) is 75.0 Å². The Morgan fingerprint density at radius 2 is 1.74 bits per heavy atom. The highest BCUT2D eigenvalue weighted by molar-refractivity contribution is 7.92. The Bertz CT molecular complexity index is 1240. The third kappa shape index (κ3) is 8.70. The lowest BCUT2D eigenvalue weighted by molar-refractivity contribution is -0.141. The van der Waals surface area contributed by atoms with Crippen molar-refractivity contribution in [1.82, 2.24) is 10.2 Å².